The molecule has 1 saturated carbocycles. The number of amides is 2. The fourth-order valence-electron chi connectivity index (χ4n) is 6.25. The third-order valence-corrected chi connectivity index (χ3v) is 9.29. The summed E-state index contributed by atoms with van der Waals surface area (Å²) in [5, 5.41) is 0.968. The molecule has 204 valence electrons. The predicted octanol–water partition coefficient (Wildman–Crippen LogP) is 7.76. The Morgan fingerprint density at radius 3 is 2.08 bits per heavy atom. The fraction of sp³-hybridized carbons (Fsp3) is 0.517. The van der Waals surface area contributed by atoms with Crippen LogP contribution in [0.4, 0.5) is 13.2 Å². The number of likely N-dealkylation sites (tertiary alicyclic amines) is 2. The van der Waals surface area contributed by atoms with E-state index in [-0.39, 0.29) is 43.2 Å². The monoisotopic (exact) mass is 566 g/mol. The van der Waals surface area contributed by atoms with Gasteiger partial charge in [0.15, 0.2) is 0 Å². The van der Waals surface area contributed by atoms with Crippen LogP contribution in [0.15, 0.2) is 36.4 Å². The zero-order chi connectivity index (χ0) is 27.1. The molecule has 0 N–H and O–H groups in total. The van der Waals surface area contributed by atoms with Crippen molar-refractivity contribution in [1.82, 2.24) is 9.80 Å². The highest BCUT2D eigenvalue weighted by atomic mass is 35.5. The third kappa shape index (κ3) is 5.42. The minimum Gasteiger partial charge on any atom is -0.339 e. The molecule has 3 fully saturated rings. The molecule has 0 bridgehead atoms. The van der Waals surface area contributed by atoms with Crippen LogP contribution < -0.4 is 0 Å². The molecule has 5 rings (SSSR count). The van der Waals surface area contributed by atoms with Crippen LogP contribution in [0.3, 0.4) is 0 Å². The third-order valence-electron chi connectivity index (χ3n) is 8.61. The summed E-state index contributed by atoms with van der Waals surface area (Å²) in [6, 6.07) is 10.6. The SMILES string of the molecule is O=C(c1ccc(-c2cc(Cl)c(CN3CCC4(CCCCC4)C3=O)c(Cl)c2)cc1)N1CCC(C(F)(F)F)CC1. The summed E-state index contributed by atoms with van der Waals surface area (Å²) >= 11 is 13.3. The van der Waals surface area contributed by atoms with Gasteiger partial charge in [-0.15, -0.1) is 0 Å². The Kier molecular flexibility index (Phi) is 7.71. The molecule has 2 heterocycles. The van der Waals surface area contributed by atoms with Gasteiger partial charge in [0.25, 0.3) is 5.91 Å². The molecule has 4 nitrogen and oxygen atoms in total. The molecule has 2 amide bonds. The standard InChI is InChI=1S/C29H31Cl2F3N2O2/c30-24-16-21(17-25(31)23(24)18-36-15-12-28(27(36)38)10-2-1-3-11-28)19-4-6-20(7-5-19)26(37)35-13-8-22(9-14-35)29(32,33)34/h4-7,16-17,22H,1-3,8-15,18H2. The Bertz CT molecular complexity index is 1180. The Balaban J connectivity index is 1.25. The van der Waals surface area contributed by atoms with Gasteiger partial charge in [-0.25, -0.2) is 0 Å². The van der Waals surface area contributed by atoms with E-state index in [9.17, 15) is 22.8 Å². The molecular weight excluding hydrogens is 536 g/mol. The first-order valence-corrected chi connectivity index (χ1v) is 14.1. The van der Waals surface area contributed by atoms with Crippen molar-refractivity contribution in [3.8, 4) is 11.1 Å². The number of benzene rings is 2. The lowest BCUT2D eigenvalue weighted by molar-refractivity contribution is -0.183. The molecule has 2 saturated heterocycles. The summed E-state index contributed by atoms with van der Waals surface area (Å²) in [4.78, 5) is 29.4. The van der Waals surface area contributed by atoms with E-state index in [1.165, 1.54) is 11.3 Å². The minimum atomic E-state index is -4.21. The lowest BCUT2D eigenvalue weighted by Crippen LogP contribution is -2.42. The summed E-state index contributed by atoms with van der Waals surface area (Å²) in [5.74, 6) is -1.39. The normalized spacial score (nSPS) is 20.4. The maximum Gasteiger partial charge on any atom is 0.391 e. The average molecular weight is 567 g/mol. The number of hydrogen-bond donors (Lipinski definition) is 0. The molecule has 9 heteroatoms. The average Bonchev–Trinajstić information content (AvgIpc) is 3.19. The Morgan fingerprint density at radius 2 is 1.50 bits per heavy atom. The van der Waals surface area contributed by atoms with Crippen molar-refractivity contribution in [1.29, 1.82) is 0 Å². The lowest BCUT2D eigenvalue weighted by atomic mass is 9.73. The highest BCUT2D eigenvalue weighted by Gasteiger charge is 2.47. The molecule has 0 radical (unpaired) electrons. The first-order valence-electron chi connectivity index (χ1n) is 13.3. The van der Waals surface area contributed by atoms with Crippen molar-refractivity contribution < 1.29 is 22.8 Å². The van der Waals surface area contributed by atoms with Gasteiger partial charge in [0.2, 0.25) is 5.91 Å². The van der Waals surface area contributed by atoms with Gasteiger partial charge in [0, 0.05) is 47.4 Å². The summed E-state index contributed by atoms with van der Waals surface area (Å²) in [6.07, 6.45) is 1.89. The van der Waals surface area contributed by atoms with E-state index in [4.69, 9.17) is 23.2 Å². The highest BCUT2D eigenvalue weighted by molar-refractivity contribution is 6.36. The first kappa shape index (κ1) is 27.3. The lowest BCUT2D eigenvalue weighted by Gasteiger charge is -2.33. The topological polar surface area (TPSA) is 40.6 Å². The van der Waals surface area contributed by atoms with Crippen molar-refractivity contribution in [2.45, 2.75) is 64.1 Å². The Hall–Kier alpha value is -2.25. The maximum absolute atomic E-state index is 13.2. The number of rotatable bonds is 4. The van der Waals surface area contributed by atoms with Crippen LogP contribution in [-0.2, 0) is 11.3 Å². The van der Waals surface area contributed by atoms with Crippen LogP contribution in [0.2, 0.25) is 10.0 Å². The second-order valence-electron chi connectivity index (χ2n) is 10.9. The number of carbonyl (C=O) groups is 2. The fourth-order valence-corrected chi connectivity index (χ4v) is 6.85. The van der Waals surface area contributed by atoms with Crippen molar-refractivity contribution in [2.75, 3.05) is 19.6 Å². The van der Waals surface area contributed by atoms with Gasteiger partial charge in [0.05, 0.1) is 11.3 Å². The molecule has 0 aromatic heterocycles. The van der Waals surface area contributed by atoms with Gasteiger partial charge in [-0.1, -0.05) is 54.6 Å². The molecule has 2 aromatic carbocycles. The zero-order valence-corrected chi connectivity index (χ0v) is 22.6. The smallest absolute Gasteiger partial charge is 0.339 e. The van der Waals surface area contributed by atoms with Crippen molar-refractivity contribution in [3.63, 3.8) is 0 Å². The number of alkyl halides is 3. The summed E-state index contributed by atoms with van der Waals surface area (Å²) < 4.78 is 38.8. The van der Waals surface area contributed by atoms with Gasteiger partial charge in [-0.2, -0.15) is 13.2 Å². The quantitative estimate of drug-likeness (QED) is 0.379. The van der Waals surface area contributed by atoms with Crippen LogP contribution in [0.25, 0.3) is 11.1 Å². The van der Waals surface area contributed by atoms with Gasteiger partial charge >= 0.3 is 6.18 Å². The zero-order valence-electron chi connectivity index (χ0n) is 21.1. The van der Waals surface area contributed by atoms with E-state index in [1.54, 1.807) is 24.3 Å². The van der Waals surface area contributed by atoms with Gasteiger partial charge in [-0.3, -0.25) is 9.59 Å². The number of nitrogens with zero attached hydrogens (tertiary/aromatic N) is 2. The van der Waals surface area contributed by atoms with E-state index in [2.05, 4.69) is 0 Å². The predicted molar refractivity (Wildman–Crippen MR) is 142 cm³/mol. The molecule has 0 unspecified atom stereocenters. The Morgan fingerprint density at radius 1 is 0.895 bits per heavy atom. The largest absolute Gasteiger partial charge is 0.391 e. The van der Waals surface area contributed by atoms with Crippen LogP contribution in [0, 0.1) is 11.3 Å². The maximum atomic E-state index is 13.2. The summed E-state index contributed by atoms with van der Waals surface area (Å²) in [7, 11) is 0. The molecule has 3 aliphatic rings. The number of halogens is 5. The van der Waals surface area contributed by atoms with E-state index in [0.717, 1.165) is 55.3 Å². The highest BCUT2D eigenvalue weighted by Crippen LogP contribution is 2.46. The van der Waals surface area contributed by atoms with Gasteiger partial charge in [-0.05, 0) is 67.5 Å². The number of piperidine rings is 1. The second-order valence-corrected chi connectivity index (χ2v) is 11.7. The van der Waals surface area contributed by atoms with Crippen LogP contribution in [-0.4, -0.2) is 47.4 Å². The molecule has 1 aliphatic carbocycles. The summed E-state index contributed by atoms with van der Waals surface area (Å²) in [6.45, 7) is 1.30. The Labute approximate surface area is 231 Å². The molecule has 2 aliphatic heterocycles. The van der Waals surface area contributed by atoms with Crippen molar-refractivity contribution >= 4 is 35.0 Å². The van der Waals surface area contributed by atoms with Crippen LogP contribution in [0.5, 0.6) is 0 Å². The van der Waals surface area contributed by atoms with E-state index < -0.39 is 12.1 Å². The van der Waals surface area contributed by atoms with E-state index in [0.29, 0.717) is 22.2 Å². The number of carbonyl (C=O) groups excluding carboxylic acids is 2. The van der Waals surface area contributed by atoms with Crippen LogP contribution in [0.1, 0.15) is 67.3 Å². The van der Waals surface area contributed by atoms with Gasteiger partial charge < -0.3 is 9.80 Å². The first-order chi connectivity index (χ1) is 18.1. The molecular formula is C29H31Cl2F3N2O2. The van der Waals surface area contributed by atoms with E-state index in [1.807, 2.05) is 17.0 Å². The molecule has 1 spiro atoms. The second kappa shape index (κ2) is 10.7. The number of hydrogen-bond acceptors (Lipinski definition) is 2. The van der Waals surface area contributed by atoms with Crippen LogP contribution >= 0.6 is 23.2 Å². The van der Waals surface area contributed by atoms with Crippen molar-refractivity contribution in [3.05, 3.63) is 57.6 Å². The van der Waals surface area contributed by atoms with Gasteiger partial charge in [0.1, 0.15) is 0 Å². The molecule has 0 atom stereocenters. The molecule has 2 aromatic rings. The minimum absolute atomic E-state index is 0.0688. The summed E-state index contributed by atoms with van der Waals surface area (Å²) in [5.41, 5.74) is 2.55. The molecule has 38 heavy (non-hydrogen) atoms. The van der Waals surface area contributed by atoms with E-state index >= 15 is 0 Å². The van der Waals surface area contributed by atoms with Crippen molar-refractivity contribution in [2.24, 2.45) is 11.3 Å².